The highest BCUT2D eigenvalue weighted by Crippen LogP contribution is 2.20. The molecule has 0 saturated heterocycles. The van der Waals surface area contributed by atoms with Gasteiger partial charge in [0.25, 0.3) is 0 Å². The molecule has 0 unspecified atom stereocenters. The molecule has 0 aliphatic heterocycles. The van der Waals surface area contributed by atoms with Gasteiger partial charge in [-0.2, -0.15) is 10.1 Å². The van der Waals surface area contributed by atoms with Gasteiger partial charge in [0.2, 0.25) is 5.95 Å². The first-order valence-electron chi connectivity index (χ1n) is 8.08. The minimum Gasteiger partial charge on any atom is -0.349 e. The highest BCUT2D eigenvalue weighted by molar-refractivity contribution is 5.60. The monoisotopic (exact) mass is 319 g/mol. The molecule has 0 radical (unpaired) electrons. The number of nitrogens with one attached hydrogen (secondary N) is 2. The Balaban J connectivity index is 1.68. The number of nitrogens with zero attached hydrogens (tertiary/aromatic N) is 3. The summed E-state index contributed by atoms with van der Waals surface area (Å²) in [6, 6.07) is 16.6. The standard InChI is InChI=1S/C19H21N5/c1-3-16-6-4-5-7-17(16)22-18-13-21-24-19(23-18)20-12-15-10-8-14(2)9-11-15/h4-11,13H,3,12H2,1-2H3,(H2,20,22,23,24). The molecule has 2 N–H and O–H groups in total. The van der Waals surface area contributed by atoms with Crippen LogP contribution >= 0.6 is 0 Å². The molecule has 0 atom stereocenters. The van der Waals surface area contributed by atoms with Gasteiger partial charge in [0, 0.05) is 12.2 Å². The van der Waals surface area contributed by atoms with E-state index in [0.717, 1.165) is 12.1 Å². The molecular formula is C19H21N5. The normalized spacial score (nSPS) is 10.4. The Morgan fingerprint density at radius 2 is 1.79 bits per heavy atom. The maximum Gasteiger partial charge on any atom is 0.244 e. The van der Waals surface area contributed by atoms with E-state index < -0.39 is 0 Å². The fraction of sp³-hybridized carbons (Fsp3) is 0.211. The molecule has 3 rings (SSSR count). The van der Waals surface area contributed by atoms with Crippen LogP contribution in [0.3, 0.4) is 0 Å². The molecule has 1 aromatic heterocycles. The molecule has 24 heavy (non-hydrogen) atoms. The highest BCUT2D eigenvalue weighted by atomic mass is 15.3. The van der Waals surface area contributed by atoms with Crippen LogP contribution in [0.15, 0.2) is 54.7 Å². The number of hydrogen-bond acceptors (Lipinski definition) is 5. The second-order valence-corrected chi connectivity index (χ2v) is 5.64. The Hall–Kier alpha value is -2.95. The summed E-state index contributed by atoms with van der Waals surface area (Å²) >= 11 is 0. The molecule has 3 aromatic rings. The van der Waals surface area contributed by atoms with E-state index in [1.54, 1.807) is 6.20 Å². The number of aromatic nitrogens is 3. The van der Waals surface area contributed by atoms with E-state index in [4.69, 9.17) is 0 Å². The zero-order valence-corrected chi connectivity index (χ0v) is 14.0. The zero-order chi connectivity index (χ0) is 16.8. The van der Waals surface area contributed by atoms with Gasteiger partial charge in [-0.05, 0) is 30.5 Å². The van der Waals surface area contributed by atoms with Crippen LogP contribution in [0.2, 0.25) is 0 Å². The molecular weight excluding hydrogens is 298 g/mol. The van der Waals surface area contributed by atoms with Crippen LogP contribution in [0.5, 0.6) is 0 Å². The third-order valence-corrected chi connectivity index (χ3v) is 3.79. The first-order chi connectivity index (χ1) is 11.7. The van der Waals surface area contributed by atoms with E-state index in [1.165, 1.54) is 16.7 Å². The molecule has 0 aliphatic carbocycles. The van der Waals surface area contributed by atoms with Gasteiger partial charge < -0.3 is 10.6 Å². The Morgan fingerprint density at radius 1 is 1.00 bits per heavy atom. The lowest BCUT2D eigenvalue weighted by atomic mass is 10.1. The fourth-order valence-corrected chi connectivity index (χ4v) is 2.41. The van der Waals surface area contributed by atoms with Crippen LogP contribution in [-0.2, 0) is 13.0 Å². The first-order valence-corrected chi connectivity index (χ1v) is 8.08. The molecule has 0 saturated carbocycles. The van der Waals surface area contributed by atoms with E-state index in [1.807, 2.05) is 18.2 Å². The van der Waals surface area contributed by atoms with Gasteiger partial charge in [-0.15, -0.1) is 5.10 Å². The molecule has 5 nitrogen and oxygen atoms in total. The zero-order valence-electron chi connectivity index (χ0n) is 14.0. The largest absolute Gasteiger partial charge is 0.349 e. The van der Waals surface area contributed by atoms with Crippen LogP contribution in [0.1, 0.15) is 23.6 Å². The van der Waals surface area contributed by atoms with E-state index >= 15 is 0 Å². The first kappa shape index (κ1) is 15.9. The van der Waals surface area contributed by atoms with Crippen molar-refractivity contribution in [3.05, 3.63) is 71.4 Å². The molecule has 1 heterocycles. The number of para-hydroxylation sites is 1. The van der Waals surface area contributed by atoms with Crippen molar-refractivity contribution < 1.29 is 0 Å². The maximum atomic E-state index is 4.48. The van der Waals surface area contributed by atoms with Crippen LogP contribution in [0.4, 0.5) is 17.5 Å². The third kappa shape index (κ3) is 4.07. The van der Waals surface area contributed by atoms with Crippen molar-refractivity contribution in [1.29, 1.82) is 0 Å². The Morgan fingerprint density at radius 3 is 2.58 bits per heavy atom. The van der Waals surface area contributed by atoms with Crippen molar-refractivity contribution in [1.82, 2.24) is 15.2 Å². The Kier molecular flexibility index (Phi) is 5.01. The van der Waals surface area contributed by atoms with Crippen molar-refractivity contribution in [3.63, 3.8) is 0 Å². The number of anilines is 3. The number of aryl methyl sites for hydroxylation is 2. The number of rotatable bonds is 6. The molecule has 0 spiro atoms. The van der Waals surface area contributed by atoms with E-state index in [-0.39, 0.29) is 0 Å². The molecule has 5 heteroatoms. The average Bonchev–Trinajstić information content (AvgIpc) is 2.62. The summed E-state index contributed by atoms with van der Waals surface area (Å²) in [6.07, 6.45) is 2.59. The highest BCUT2D eigenvalue weighted by Gasteiger charge is 2.04. The smallest absolute Gasteiger partial charge is 0.244 e. The van der Waals surface area contributed by atoms with E-state index in [0.29, 0.717) is 18.3 Å². The molecule has 0 fully saturated rings. The Labute approximate surface area is 142 Å². The minimum absolute atomic E-state index is 0.509. The summed E-state index contributed by atoms with van der Waals surface area (Å²) in [5, 5.41) is 14.6. The molecule has 0 amide bonds. The molecule has 122 valence electrons. The Bertz CT molecular complexity index is 799. The van der Waals surface area contributed by atoms with E-state index in [2.05, 4.69) is 70.0 Å². The number of hydrogen-bond donors (Lipinski definition) is 2. The van der Waals surface area contributed by atoms with Gasteiger partial charge in [0.1, 0.15) is 0 Å². The second-order valence-electron chi connectivity index (χ2n) is 5.64. The summed E-state index contributed by atoms with van der Waals surface area (Å²) in [5.74, 6) is 1.19. The quantitative estimate of drug-likeness (QED) is 0.716. The van der Waals surface area contributed by atoms with Crippen molar-refractivity contribution in [2.75, 3.05) is 10.6 Å². The average molecular weight is 319 g/mol. The van der Waals surface area contributed by atoms with Gasteiger partial charge in [-0.25, -0.2) is 0 Å². The topological polar surface area (TPSA) is 62.7 Å². The summed E-state index contributed by atoms with van der Waals surface area (Å²) in [7, 11) is 0. The minimum atomic E-state index is 0.509. The predicted molar refractivity (Wildman–Crippen MR) is 97.4 cm³/mol. The van der Waals surface area contributed by atoms with Gasteiger partial charge in [-0.1, -0.05) is 55.0 Å². The van der Waals surface area contributed by atoms with Gasteiger partial charge in [0.15, 0.2) is 5.82 Å². The van der Waals surface area contributed by atoms with E-state index in [9.17, 15) is 0 Å². The third-order valence-electron chi connectivity index (χ3n) is 3.79. The van der Waals surface area contributed by atoms with Crippen molar-refractivity contribution in [3.8, 4) is 0 Å². The summed E-state index contributed by atoms with van der Waals surface area (Å²) in [6.45, 7) is 4.87. The van der Waals surface area contributed by atoms with Crippen LogP contribution < -0.4 is 10.6 Å². The van der Waals surface area contributed by atoms with Crippen LogP contribution in [-0.4, -0.2) is 15.2 Å². The second kappa shape index (κ2) is 7.55. The van der Waals surface area contributed by atoms with Gasteiger partial charge >= 0.3 is 0 Å². The van der Waals surface area contributed by atoms with Gasteiger partial charge in [0.05, 0.1) is 6.20 Å². The SMILES string of the molecule is CCc1ccccc1Nc1cnnc(NCc2ccc(C)cc2)n1. The lowest BCUT2D eigenvalue weighted by molar-refractivity contribution is 0.948. The lowest BCUT2D eigenvalue weighted by Gasteiger charge is -2.10. The number of benzene rings is 2. The van der Waals surface area contributed by atoms with Crippen molar-refractivity contribution >= 4 is 17.5 Å². The fourth-order valence-electron chi connectivity index (χ4n) is 2.41. The molecule has 2 aromatic carbocycles. The van der Waals surface area contributed by atoms with Crippen LogP contribution in [0.25, 0.3) is 0 Å². The van der Waals surface area contributed by atoms with Crippen molar-refractivity contribution in [2.24, 2.45) is 0 Å². The van der Waals surface area contributed by atoms with Crippen LogP contribution in [0, 0.1) is 6.92 Å². The summed E-state index contributed by atoms with van der Waals surface area (Å²) < 4.78 is 0. The lowest BCUT2D eigenvalue weighted by Crippen LogP contribution is -2.06. The molecule has 0 aliphatic rings. The molecule has 0 bridgehead atoms. The summed E-state index contributed by atoms with van der Waals surface area (Å²) in [5.41, 5.74) is 4.71. The maximum absolute atomic E-state index is 4.48. The van der Waals surface area contributed by atoms with Crippen molar-refractivity contribution in [2.45, 2.75) is 26.8 Å². The summed E-state index contributed by atoms with van der Waals surface area (Å²) in [4.78, 5) is 4.48. The van der Waals surface area contributed by atoms with Gasteiger partial charge in [-0.3, -0.25) is 0 Å². The predicted octanol–water partition coefficient (Wildman–Crippen LogP) is 4.10.